The number of hydrogen-bond donors (Lipinski definition) is 1. The van der Waals surface area contributed by atoms with Crippen LogP contribution in [0.3, 0.4) is 0 Å². The van der Waals surface area contributed by atoms with Gasteiger partial charge in [-0.25, -0.2) is 8.78 Å². The molecule has 5 nitrogen and oxygen atoms in total. The zero-order valence-electron chi connectivity index (χ0n) is 12.2. The quantitative estimate of drug-likeness (QED) is 0.939. The molecule has 0 radical (unpaired) electrons. The molecule has 1 aromatic heterocycles. The minimum atomic E-state index is -0.734. The molecular formula is C14H16F2N4O. The Hall–Kier alpha value is -2.31. The first kappa shape index (κ1) is 15.1. The van der Waals surface area contributed by atoms with Gasteiger partial charge in [0.2, 0.25) is 5.95 Å². The van der Waals surface area contributed by atoms with Crippen molar-refractivity contribution >= 4 is 5.95 Å². The SMILES string of the molecule is CNc1nc(OC(C)C)nc(-c2c(F)ccc(C)c2F)n1. The van der Waals surface area contributed by atoms with Gasteiger partial charge in [0.25, 0.3) is 0 Å². The number of hydrogen-bond acceptors (Lipinski definition) is 5. The lowest BCUT2D eigenvalue weighted by Crippen LogP contribution is -2.11. The van der Waals surface area contributed by atoms with Gasteiger partial charge in [0.1, 0.15) is 11.6 Å². The van der Waals surface area contributed by atoms with Crippen molar-refractivity contribution in [3.8, 4) is 17.4 Å². The molecule has 0 atom stereocenters. The number of aromatic nitrogens is 3. The summed E-state index contributed by atoms with van der Waals surface area (Å²) in [5.41, 5.74) is 0.0200. The van der Waals surface area contributed by atoms with E-state index in [0.29, 0.717) is 5.56 Å². The molecule has 0 amide bonds. The standard InChI is InChI=1S/C14H16F2N4O/c1-7(2)21-14-19-12(18-13(17-4)20-14)10-9(15)6-5-8(3)11(10)16/h5-7H,1-4H3,(H,17,18,19,20). The van der Waals surface area contributed by atoms with Crippen molar-refractivity contribution in [1.29, 1.82) is 0 Å². The molecule has 0 saturated heterocycles. The summed E-state index contributed by atoms with van der Waals surface area (Å²) in [6.07, 6.45) is -0.169. The Bertz CT molecular complexity index is 662. The van der Waals surface area contributed by atoms with Crippen LogP contribution in [0.4, 0.5) is 14.7 Å². The molecule has 0 saturated carbocycles. The number of ether oxygens (including phenoxy) is 1. The van der Waals surface area contributed by atoms with Gasteiger partial charge in [-0.3, -0.25) is 0 Å². The van der Waals surface area contributed by atoms with E-state index in [4.69, 9.17) is 4.74 Å². The maximum absolute atomic E-state index is 14.2. The van der Waals surface area contributed by atoms with E-state index in [9.17, 15) is 8.78 Å². The van der Waals surface area contributed by atoms with Crippen LogP contribution >= 0.6 is 0 Å². The van der Waals surface area contributed by atoms with Gasteiger partial charge in [-0.15, -0.1) is 0 Å². The predicted molar refractivity (Wildman–Crippen MR) is 75.2 cm³/mol. The fourth-order valence-corrected chi connectivity index (χ4v) is 1.71. The van der Waals surface area contributed by atoms with Gasteiger partial charge in [0.15, 0.2) is 5.82 Å². The summed E-state index contributed by atoms with van der Waals surface area (Å²) < 4.78 is 33.5. The lowest BCUT2D eigenvalue weighted by molar-refractivity contribution is 0.222. The molecule has 0 aliphatic carbocycles. The van der Waals surface area contributed by atoms with Crippen LogP contribution in [0.1, 0.15) is 19.4 Å². The van der Waals surface area contributed by atoms with Crippen molar-refractivity contribution in [3.05, 3.63) is 29.3 Å². The third-order valence-electron chi connectivity index (χ3n) is 2.69. The third-order valence-corrected chi connectivity index (χ3v) is 2.69. The van der Waals surface area contributed by atoms with Crippen LogP contribution < -0.4 is 10.1 Å². The monoisotopic (exact) mass is 294 g/mol. The van der Waals surface area contributed by atoms with Gasteiger partial charge < -0.3 is 10.1 Å². The summed E-state index contributed by atoms with van der Waals surface area (Å²) in [4.78, 5) is 12.0. The minimum Gasteiger partial charge on any atom is -0.461 e. The van der Waals surface area contributed by atoms with Crippen molar-refractivity contribution in [2.75, 3.05) is 12.4 Å². The highest BCUT2D eigenvalue weighted by Crippen LogP contribution is 2.27. The average molecular weight is 294 g/mol. The number of nitrogens with one attached hydrogen (secondary N) is 1. The molecule has 0 spiro atoms. The van der Waals surface area contributed by atoms with Gasteiger partial charge in [-0.2, -0.15) is 15.0 Å². The van der Waals surface area contributed by atoms with Crippen LogP contribution in [-0.4, -0.2) is 28.1 Å². The molecule has 2 rings (SSSR count). The first-order chi connectivity index (χ1) is 9.92. The second-order valence-corrected chi connectivity index (χ2v) is 4.74. The van der Waals surface area contributed by atoms with Crippen LogP contribution in [0, 0.1) is 18.6 Å². The van der Waals surface area contributed by atoms with Gasteiger partial charge in [-0.05, 0) is 32.4 Å². The van der Waals surface area contributed by atoms with E-state index >= 15 is 0 Å². The smallest absolute Gasteiger partial charge is 0.322 e. The molecule has 0 bridgehead atoms. The van der Waals surface area contributed by atoms with Gasteiger partial charge in [0, 0.05) is 7.05 Å². The summed E-state index contributed by atoms with van der Waals surface area (Å²) in [7, 11) is 1.60. The second kappa shape index (κ2) is 5.99. The highest BCUT2D eigenvalue weighted by Gasteiger charge is 2.19. The van der Waals surface area contributed by atoms with Crippen molar-refractivity contribution in [1.82, 2.24) is 15.0 Å². The number of benzene rings is 1. The molecule has 2 aromatic rings. The lowest BCUT2D eigenvalue weighted by Gasteiger charge is -2.11. The van der Waals surface area contributed by atoms with Crippen LogP contribution in [0.15, 0.2) is 12.1 Å². The normalized spacial score (nSPS) is 10.8. The molecule has 0 fully saturated rings. The first-order valence-corrected chi connectivity index (χ1v) is 6.47. The van der Waals surface area contributed by atoms with E-state index in [1.54, 1.807) is 27.8 Å². The van der Waals surface area contributed by atoms with Crippen LogP contribution in [0.2, 0.25) is 0 Å². The van der Waals surface area contributed by atoms with E-state index in [0.717, 1.165) is 0 Å². The molecule has 1 heterocycles. The number of rotatable bonds is 4. The molecule has 0 aliphatic rings. The Morgan fingerprint density at radius 2 is 1.86 bits per heavy atom. The van der Waals surface area contributed by atoms with Crippen molar-refractivity contribution in [2.24, 2.45) is 0 Å². The summed E-state index contributed by atoms with van der Waals surface area (Å²) in [6.45, 7) is 5.15. The highest BCUT2D eigenvalue weighted by atomic mass is 19.1. The van der Waals surface area contributed by atoms with Crippen LogP contribution in [0.5, 0.6) is 6.01 Å². The third kappa shape index (κ3) is 3.24. The van der Waals surface area contributed by atoms with E-state index in [-0.39, 0.29) is 29.5 Å². The van der Waals surface area contributed by atoms with Crippen LogP contribution in [-0.2, 0) is 0 Å². The molecular weight excluding hydrogens is 278 g/mol. The number of aryl methyl sites for hydroxylation is 1. The number of nitrogens with zero attached hydrogens (tertiary/aromatic N) is 3. The maximum Gasteiger partial charge on any atom is 0.322 e. The van der Waals surface area contributed by atoms with Crippen molar-refractivity contribution in [3.63, 3.8) is 0 Å². The second-order valence-electron chi connectivity index (χ2n) is 4.74. The Morgan fingerprint density at radius 3 is 2.48 bits per heavy atom. The zero-order chi connectivity index (χ0) is 15.6. The molecule has 7 heteroatoms. The topological polar surface area (TPSA) is 59.9 Å². The molecule has 21 heavy (non-hydrogen) atoms. The molecule has 1 N–H and O–H groups in total. The zero-order valence-corrected chi connectivity index (χ0v) is 12.2. The van der Waals surface area contributed by atoms with E-state index in [2.05, 4.69) is 20.3 Å². The predicted octanol–water partition coefficient (Wildman–Crippen LogP) is 2.95. The van der Waals surface area contributed by atoms with E-state index < -0.39 is 11.6 Å². The Morgan fingerprint density at radius 1 is 1.14 bits per heavy atom. The first-order valence-electron chi connectivity index (χ1n) is 6.47. The molecule has 0 unspecified atom stereocenters. The van der Waals surface area contributed by atoms with E-state index in [1.807, 2.05) is 0 Å². The van der Waals surface area contributed by atoms with Gasteiger partial charge in [-0.1, -0.05) is 6.07 Å². The Kier molecular flexibility index (Phi) is 4.30. The molecule has 112 valence electrons. The minimum absolute atomic E-state index is 0.0136. The lowest BCUT2D eigenvalue weighted by atomic mass is 10.1. The summed E-state index contributed by atoms with van der Waals surface area (Å²) in [5, 5.41) is 2.72. The van der Waals surface area contributed by atoms with Crippen molar-refractivity contribution < 1.29 is 13.5 Å². The fourth-order valence-electron chi connectivity index (χ4n) is 1.71. The summed E-state index contributed by atoms with van der Waals surface area (Å²) >= 11 is 0. The van der Waals surface area contributed by atoms with Crippen LogP contribution in [0.25, 0.3) is 11.4 Å². The fraction of sp³-hybridized carbons (Fsp3) is 0.357. The Labute approximate surface area is 121 Å². The maximum atomic E-state index is 14.2. The van der Waals surface area contributed by atoms with Gasteiger partial charge in [0.05, 0.1) is 11.7 Å². The highest BCUT2D eigenvalue weighted by molar-refractivity contribution is 5.59. The summed E-state index contributed by atoms with van der Waals surface area (Å²) in [5.74, 6) is -1.36. The Balaban J connectivity index is 2.61. The molecule has 0 aliphatic heterocycles. The van der Waals surface area contributed by atoms with Gasteiger partial charge >= 0.3 is 6.01 Å². The average Bonchev–Trinajstić information content (AvgIpc) is 2.42. The van der Waals surface area contributed by atoms with E-state index in [1.165, 1.54) is 12.1 Å². The number of halogens is 2. The largest absolute Gasteiger partial charge is 0.461 e. The molecule has 1 aromatic carbocycles. The summed E-state index contributed by atoms with van der Waals surface area (Å²) in [6, 6.07) is 2.55. The number of anilines is 1. The van der Waals surface area contributed by atoms with Crippen molar-refractivity contribution in [2.45, 2.75) is 26.9 Å².